The molecule has 9 heteroatoms. The number of rotatable bonds is 5. The molecular weight excluding hydrogens is 543 g/mol. The molecule has 7 nitrogen and oxygen atoms in total. The van der Waals surface area contributed by atoms with Gasteiger partial charge in [0.15, 0.2) is 6.10 Å². The normalized spacial score (nSPS) is 22.0. The zero-order chi connectivity index (χ0) is 26.3. The molecule has 3 heterocycles. The summed E-state index contributed by atoms with van der Waals surface area (Å²) in [5, 5.41) is 2.64. The molecule has 1 amide bonds. The lowest BCUT2D eigenvalue weighted by Crippen LogP contribution is -3.00. The van der Waals surface area contributed by atoms with Crippen LogP contribution in [-0.4, -0.2) is 60.2 Å². The van der Waals surface area contributed by atoms with Gasteiger partial charge in [0.2, 0.25) is 5.78 Å². The molecule has 2 aromatic rings. The van der Waals surface area contributed by atoms with E-state index in [-0.39, 0.29) is 40.7 Å². The van der Waals surface area contributed by atoms with E-state index in [1.54, 1.807) is 12.1 Å². The molecule has 0 unspecified atom stereocenters. The van der Waals surface area contributed by atoms with E-state index in [9.17, 15) is 18.8 Å². The first-order chi connectivity index (χ1) is 16.9. The second-order valence-corrected chi connectivity index (χ2v) is 10.5. The number of amides is 1. The van der Waals surface area contributed by atoms with Crippen LogP contribution >= 0.6 is 0 Å². The maximum absolute atomic E-state index is 13.3. The minimum atomic E-state index is -0.459. The van der Waals surface area contributed by atoms with Gasteiger partial charge in [0, 0.05) is 36.9 Å². The highest BCUT2D eigenvalue weighted by atomic mass is 79.9. The first-order valence-corrected chi connectivity index (χ1v) is 12.3. The molecule has 3 fully saturated rings. The monoisotopic (exact) mass is 578 g/mol. The number of carbonyl (C=O) groups excluding carboxylic acids is 3. The van der Waals surface area contributed by atoms with Gasteiger partial charge in [-0.05, 0) is 45.0 Å². The summed E-state index contributed by atoms with van der Waals surface area (Å²) in [5.74, 6) is -0.260. The van der Waals surface area contributed by atoms with Crippen molar-refractivity contribution in [2.45, 2.75) is 52.2 Å². The van der Waals surface area contributed by atoms with Gasteiger partial charge in [-0.3, -0.25) is 14.9 Å². The third kappa shape index (κ3) is 9.55. The highest BCUT2D eigenvalue weighted by Gasteiger charge is 2.48. The summed E-state index contributed by atoms with van der Waals surface area (Å²) >= 11 is 0. The molecule has 202 valence electrons. The lowest BCUT2D eigenvalue weighted by atomic mass is 9.83. The lowest BCUT2D eigenvalue weighted by molar-refractivity contribution is -0.938. The van der Waals surface area contributed by atoms with Crippen LogP contribution in [0.3, 0.4) is 0 Å². The predicted molar refractivity (Wildman–Crippen MR) is 135 cm³/mol. The Morgan fingerprint density at radius 2 is 1.68 bits per heavy atom. The second-order valence-electron chi connectivity index (χ2n) is 10.5. The molecule has 3 saturated heterocycles. The number of benzene rings is 2. The largest absolute Gasteiger partial charge is 1.00 e. The molecule has 1 N–H and O–H groups in total. The van der Waals surface area contributed by atoms with E-state index in [4.69, 9.17) is 9.47 Å². The minimum absolute atomic E-state index is 0. The van der Waals surface area contributed by atoms with Crippen LogP contribution < -0.4 is 22.3 Å². The fourth-order valence-corrected chi connectivity index (χ4v) is 4.79. The van der Waals surface area contributed by atoms with Gasteiger partial charge in [0.1, 0.15) is 24.5 Å². The highest BCUT2D eigenvalue weighted by Crippen LogP contribution is 2.35. The van der Waals surface area contributed by atoms with Gasteiger partial charge in [-0.2, -0.15) is 0 Å². The number of halogens is 2. The van der Waals surface area contributed by atoms with Crippen LogP contribution in [0, 0.1) is 11.7 Å². The van der Waals surface area contributed by atoms with Crippen molar-refractivity contribution in [1.29, 1.82) is 0 Å². The Kier molecular flexibility index (Phi) is 10.8. The van der Waals surface area contributed by atoms with Crippen molar-refractivity contribution in [2.24, 2.45) is 5.92 Å². The van der Waals surface area contributed by atoms with Crippen molar-refractivity contribution in [3.8, 4) is 0 Å². The molecule has 3 aliphatic heterocycles. The molecule has 37 heavy (non-hydrogen) atoms. The molecular formula is C28H36BrFN2O5. The molecule has 0 aliphatic carbocycles. The Morgan fingerprint density at radius 3 is 2.24 bits per heavy atom. The van der Waals surface area contributed by atoms with Gasteiger partial charge in [-0.25, -0.2) is 9.18 Å². The van der Waals surface area contributed by atoms with E-state index in [1.165, 1.54) is 19.1 Å². The maximum atomic E-state index is 13.3. The molecule has 0 aromatic heterocycles. The molecule has 0 saturated carbocycles. The molecule has 2 aromatic carbocycles. The van der Waals surface area contributed by atoms with Crippen LogP contribution in [0.1, 0.15) is 50.9 Å². The number of Topliss-reactive ketones (excluding diaryl/α,β-unsaturated/α-hetero) is 1. The van der Waals surface area contributed by atoms with Crippen molar-refractivity contribution in [1.82, 2.24) is 0 Å². The maximum Gasteiger partial charge on any atom is 0.412 e. The van der Waals surface area contributed by atoms with E-state index < -0.39 is 11.7 Å². The van der Waals surface area contributed by atoms with E-state index >= 15 is 0 Å². The van der Waals surface area contributed by atoms with Crippen LogP contribution in [0.15, 0.2) is 54.6 Å². The summed E-state index contributed by atoms with van der Waals surface area (Å²) < 4.78 is 24.5. The average Bonchev–Trinajstić information content (AvgIpc) is 2.79. The number of carbonyl (C=O) groups is 3. The van der Waals surface area contributed by atoms with Gasteiger partial charge in [0.05, 0.1) is 13.1 Å². The number of ether oxygens (including phenoxy) is 2. The van der Waals surface area contributed by atoms with Crippen LogP contribution in [0.5, 0.6) is 0 Å². The number of nitrogens with zero attached hydrogens (tertiary/aromatic N) is 1. The van der Waals surface area contributed by atoms with Crippen molar-refractivity contribution in [3.63, 3.8) is 0 Å². The van der Waals surface area contributed by atoms with Gasteiger partial charge in [-0.15, -0.1) is 0 Å². The number of anilines is 1. The van der Waals surface area contributed by atoms with Crippen molar-refractivity contribution in [3.05, 3.63) is 66.0 Å². The number of piperidine rings is 3. The number of hydrogen-bond acceptors (Lipinski definition) is 5. The van der Waals surface area contributed by atoms with Crippen LogP contribution in [0.4, 0.5) is 14.9 Å². The molecule has 5 rings (SSSR count). The summed E-state index contributed by atoms with van der Waals surface area (Å²) in [6, 6.07) is 15.1. The van der Waals surface area contributed by atoms with Gasteiger partial charge < -0.3 is 30.9 Å². The van der Waals surface area contributed by atoms with E-state index in [1.807, 2.05) is 51.1 Å². The van der Waals surface area contributed by atoms with Crippen molar-refractivity contribution < 1.29 is 49.7 Å². The predicted octanol–water partition coefficient (Wildman–Crippen LogP) is 2.22. The average molecular weight is 580 g/mol. The number of quaternary nitrogens is 1. The quantitative estimate of drug-likeness (QED) is 0.334. The molecule has 0 spiro atoms. The van der Waals surface area contributed by atoms with Crippen LogP contribution in [0.25, 0.3) is 0 Å². The van der Waals surface area contributed by atoms with Crippen LogP contribution in [0.2, 0.25) is 0 Å². The Balaban J connectivity index is 0.000000280. The summed E-state index contributed by atoms with van der Waals surface area (Å²) in [5.41, 5.74) is 0.699. The van der Waals surface area contributed by atoms with Crippen LogP contribution in [-0.2, 0) is 14.3 Å². The Bertz CT molecular complexity index is 1070. The van der Waals surface area contributed by atoms with Crippen molar-refractivity contribution in [2.75, 3.05) is 31.5 Å². The van der Waals surface area contributed by atoms with Gasteiger partial charge in [-0.1, -0.05) is 30.3 Å². The molecule has 2 bridgehead atoms. The fourth-order valence-electron chi connectivity index (χ4n) is 4.79. The number of fused-ring (bicyclic) bond motifs is 3. The Morgan fingerprint density at radius 1 is 1.03 bits per heavy atom. The number of ketones is 1. The summed E-state index contributed by atoms with van der Waals surface area (Å²) in [6.07, 6.45) is 1.45. The first kappa shape index (κ1) is 30.4. The summed E-state index contributed by atoms with van der Waals surface area (Å²) in [7, 11) is 0. The summed E-state index contributed by atoms with van der Waals surface area (Å²) in [6.45, 7) is 9.85. The second kappa shape index (κ2) is 13.1. The molecule has 0 radical (unpaired) electrons. The third-order valence-electron chi connectivity index (χ3n) is 6.40. The van der Waals surface area contributed by atoms with E-state index in [2.05, 4.69) is 5.32 Å². The van der Waals surface area contributed by atoms with E-state index in [0.29, 0.717) is 29.1 Å². The minimum Gasteiger partial charge on any atom is -1.00 e. The fraction of sp³-hybridized carbons (Fsp3) is 0.464. The topological polar surface area (TPSA) is 81.7 Å². The van der Waals surface area contributed by atoms with Gasteiger partial charge >= 0.3 is 12.1 Å². The standard InChI is InChI=1S/C17H21FNO3.C11H15NO2.BrH/c1-12(20)22-17-11-19(7-5-13(17)6-8-19)10-16(21)14-3-2-4-15(18)9-14;1-11(2,3)14-10(13)12-9-7-5-4-6-8-9;/h2-4,9,13,17H,5-8,10-11H2,1H3;4-8H,1-3H3,(H,12,13);1H/q+1;;/p-1/t13?,17-,19?;;/m0../s1. The Hall–Kier alpha value is -2.78. The first-order valence-electron chi connectivity index (χ1n) is 12.3. The van der Waals surface area contributed by atoms with Gasteiger partial charge in [0.25, 0.3) is 0 Å². The smallest absolute Gasteiger partial charge is 0.412 e. The zero-order valence-electron chi connectivity index (χ0n) is 21.8. The number of esters is 1. The summed E-state index contributed by atoms with van der Waals surface area (Å²) in [4.78, 5) is 35.0. The molecule has 3 aliphatic rings. The third-order valence-corrected chi connectivity index (χ3v) is 6.40. The van der Waals surface area contributed by atoms with E-state index in [0.717, 1.165) is 31.6 Å². The number of para-hydroxylation sites is 1. The molecule has 1 atom stereocenters. The Labute approximate surface area is 228 Å². The zero-order valence-corrected chi connectivity index (χ0v) is 23.4. The highest BCUT2D eigenvalue weighted by molar-refractivity contribution is 5.97. The van der Waals surface area contributed by atoms with Crippen molar-refractivity contribution >= 4 is 23.5 Å². The SMILES string of the molecule is CC(=O)O[C@H]1C[N+]2(CC(=O)c3cccc(F)c3)CCC1CC2.CC(C)(C)OC(=O)Nc1ccccc1.[Br-]. The number of nitrogens with one attached hydrogen (secondary N) is 1. The number of hydrogen-bond donors (Lipinski definition) is 1. The lowest BCUT2D eigenvalue weighted by Gasteiger charge is -2.51.